The number of hydrogen-bond acceptors (Lipinski definition) is 2. The molecule has 100 valence electrons. The van der Waals surface area contributed by atoms with Crippen molar-refractivity contribution in [3.05, 3.63) is 34.4 Å². The summed E-state index contributed by atoms with van der Waals surface area (Å²) in [6, 6.07) is 2.89. The van der Waals surface area contributed by atoms with Crippen LogP contribution in [0.4, 0.5) is 26.3 Å². The van der Waals surface area contributed by atoms with Crippen LogP contribution in [-0.2, 0) is 18.8 Å². The SMILES string of the molecule is N#CCc1cc(C(F)(F)F)cc(C(F)(F)F)c1C#N. The van der Waals surface area contributed by atoms with E-state index in [2.05, 4.69) is 0 Å². The number of rotatable bonds is 1. The van der Waals surface area contributed by atoms with E-state index in [0.717, 1.165) is 0 Å². The molecule has 0 saturated heterocycles. The third-order valence-corrected chi connectivity index (χ3v) is 2.23. The van der Waals surface area contributed by atoms with Crippen molar-refractivity contribution in [3.63, 3.8) is 0 Å². The Balaban J connectivity index is 3.67. The maximum Gasteiger partial charge on any atom is 0.417 e. The van der Waals surface area contributed by atoms with Crippen molar-refractivity contribution in [2.45, 2.75) is 18.8 Å². The van der Waals surface area contributed by atoms with Crippen LogP contribution in [0.25, 0.3) is 0 Å². The molecule has 19 heavy (non-hydrogen) atoms. The Hall–Kier alpha value is -2.22. The summed E-state index contributed by atoms with van der Waals surface area (Å²) in [7, 11) is 0. The zero-order valence-electron chi connectivity index (χ0n) is 9.02. The predicted molar refractivity (Wildman–Crippen MR) is 50.5 cm³/mol. The van der Waals surface area contributed by atoms with Crippen molar-refractivity contribution in [2.75, 3.05) is 0 Å². The van der Waals surface area contributed by atoms with E-state index in [1.165, 1.54) is 12.1 Å². The first-order valence-corrected chi connectivity index (χ1v) is 4.69. The van der Waals surface area contributed by atoms with Crippen LogP contribution in [0.2, 0.25) is 0 Å². The van der Waals surface area contributed by atoms with E-state index < -0.39 is 41.0 Å². The number of nitrogens with zero attached hydrogens (tertiary/aromatic N) is 2. The van der Waals surface area contributed by atoms with Gasteiger partial charge in [0.2, 0.25) is 0 Å². The Morgan fingerprint density at radius 1 is 0.947 bits per heavy atom. The molecule has 0 aromatic heterocycles. The van der Waals surface area contributed by atoms with Crippen LogP contribution in [0, 0.1) is 22.7 Å². The molecule has 0 fully saturated rings. The minimum atomic E-state index is -5.10. The molecule has 8 heteroatoms. The molecule has 0 aliphatic rings. The van der Waals surface area contributed by atoms with Gasteiger partial charge >= 0.3 is 12.4 Å². The second-order valence-electron chi connectivity index (χ2n) is 3.50. The van der Waals surface area contributed by atoms with E-state index in [0.29, 0.717) is 6.07 Å². The number of benzene rings is 1. The number of alkyl halides is 6. The summed E-state index contributed by atoms with van der Waals surface area (Å²) >= 11 is 0. The van der Waals surface area contributed by atoms with Gasteiger partial charge in [0.05, 0.1) is 29.2 Å². The van der Waals surface area contributed by atoms with E-state index >= 15 is 0 Å². The third kappa shape index (κ3) is 3.16. The van der Waals surface area contributed by atoms with Crippen LogP contribution in [0.3, 0.4) is 0 Å². The molecule has 1 aromatic carbocycles. The van der Waals surface area contributed by atoms with Crippen molar-refractivity contribution in [2.24, 2.45) is 0 Å². The zero-order valence-corrected chi connectivity index (χ0v) is 9.02. The largest absolute Gasteiger partial charge is 0.417 e. The van der Waals surface area contributed by atoms with E-state index in [1.54, 1.807) is 0 Å². The molecule has 0 aliphatic carbocycles. The molecule has 1 aromatic rings. The average Bonchev–Trinajstić information content (AvgIpc) is 2.26. The van der Waals surface area contributed by atoms with Crippen molar-refractivity contribution in [3.8, 4) is 12.1 Å². The highest BCUT2D eigenvalue weighted by molar-refractivity contribution is 5.49. The Bertz CT molecular complexity index is 571. The quantitative estimate of drug-likeness (QED) is 0.736. The second kappa shape index (κ2) is 4.81. The second-order valence-corrected chi connectivity index (χ2v) is 3.50. The number of halogens is 6. The fourth-order valence-electron chi connectivity index (χ4n) is 1.45. The first-order chi connectivity index (χ1) is 8.61. The summed E-state index contributed by atoms with van der Waals surface area (Å²) < 4.78 is 75.3. The van der Waals surface area contributed by atoms with Crippen molar-refractivity contribution < 1.29 is 26.3 Å². The average molecular weight is 278 g/mol. The van der Waals surface area contributed by atoms with E-state index in [-0.39, 0.29) is 6.07 Å². The van der Waals surface area contributed by atoms with Crippen LogP contribution in [0.15, 0.2) is 12.1 Å². The molecule has 0 bridgehead atoms. The van der Waals surface area contributed by atoms with Gasteiger partial charge in [-0.05, 0) is 17.7 Å². The fraction of sp³-hybridized carbons (Fsp3) is 0.273. The molecule has 1 rings (SSSR count). The van der Waals surface area contributed by atoms with Gasteiger partial charge in [-0.25, -0.2) is 0 Å². The maximum atomic E-state index is 12.6. The van der Waals surface area contributed by atoms with Crippen LogP contribution in [0.1, 0.15) is 22.3 Å². The Labute approximate surface area is 103 Å². The summed E-state index contributed by atoms with van der Waals surface area (Å²) in [6.45, 7) is 0. The van der Waals surface area contributed by atoms with Crippen LogP contribution < -0.4 is 0 Å². The first-order valence-electron chi connectivity index (χ1n) is 4.69. The van der Waals surface area contributed by atoms with E-state index in [4.69, 9.17) is 10.5 Å². The first kappa shape index (κ1) is 14.8. The Morgan fingerprint density at radius 3 is 1.89 bits per heavy atom. The molecule has 0 amide bonds. The highest BCUT2D eigenvalue weighted by atomic mass is 19.4. The zero-order chi connectivity index (χ0) is 14.8. The summed E-state index contributed by atoms with van der Waals surface area (Å²) in [4.78, 5) is 0. The molecule has 0 heterocycles. The molecule has 2 nitrogen and oxygen atoms in total. The molecule has 0 saturated carbocycles. The molecule has 0 spiro atoms. The lowest BCUT2D eigenvalue weighted by Gasteiger charge is -2.15. The van der Waals surface area contributed by atoms with Crippen LogP contribution in [0.5, 0.6) is 0 Å². The molecular formula is C11H4F6N2. The highest BCUT2D eigenvalue weighted by Gasteiger charge is 2.39. The van der Waals surface area contributed by atoms with E-state index in [9.17, 15) is 26.3 Å². The minimum Gasteiger partial charge on any atom is -0.198 e. The van der Waals surface area contributed by atoms with Gasteiger partial charge in [-0.2, -0.15) is 36.9 Å². The van der Waals surface area contributed by atoms with Crippen molar-refractivity contribution in [1.29, 1.82) is 10.5 Å². The lowest BCUT2D eigenvalue weighted by atomic mass is 9.96. The molecule has 0 N–H and O–H groups in total. The summed E-state index contributed by atoms with van der Waals surface area (Å²) in [5.41, 5.74) is -4.77. The molecule has 0 radical (unpaired) electrons. The van der Waals surface area contributed by atoms with Gasteiger partial charge in [0, 0.05) is 0 Å². The molecular weight excluding hydrogens is 274 g/mol. The normalized spacial score (nSPS) is 11.8. The van der Waals surface area contributed by atoms with Gasteiger partial charge in [0.1, 0.15) is 6.07 Å². The fourth-order valence-corrected chi connectivity index (χ4v) is 1.45. The lowest BCUT2D eigenvalue weighted by molar-refractivity contribution is -0.143. The monoisotopic (exact) mass is 278 g/mol. The molecule has 0 unspecified atom stereocenters. The summed E-state index contributed by atoms with van der Waals surface area (Å²) in [5.74, 6) is 0. The number of hydrogen-bond donors (Lipinski definition) is 0. The molecule has 0 aliphatic heterocycles. The van der Waals surface area contributed by atoms with Gasteiger partial charge < -0.3 is 0 Å². The standard InChI is InChI=1S/C11H4F6N2/c12-10(13,14)7-3-6(1-2-18)8(5-19)9(4-7)11(15,16)17/h3-4H,1H2. The third-order valence-electron chi connectivity index (χ3n) is 2.23. The summed E-state index contributed by atoms with van der Waals surface area (Å²) in [5, 5.41) is 17.0. The lowest BCUT2D eigenvalue weighted by Crippen LogP contribution is -2.14. The maximum absolute atomic E-state index is 12.6. The highest BCUT2D eigenvalue weighted by Crippen LogP contribution is 2.38. The van der Waals surface area contributed by atoms with E-state index in [1.807, 2.05) is 0 Å². The Morgan fingerprint density at radius 2 is 1.53 bits per heavy atom. The van der Waals surface area contributed by atoms with Gasteiger partial charge in [-0.1, -0.05) is 0 Å². The van der Waals surface area contributed by atoms with Crippen molar-refractivity contribution >= 4 is 0 Å². The van der Waals surface area contributed by atoms with Gasteiger partial charge in [-0.3, -0.25) is 0 Å². The van der Waals surface area contributed by atoms with Gasteiger partial charge in [-0.15, -0.1) is 0 Å². The summed E-state index contributed by atoms with van der Waals surface area (Å²) in [6.07, 6.45) is -10.8. The van der Waals surface area contributed by atoms with Gasteiger partial charge in [0.15, 0.2) is 0 Å². The van der Waals surface area contributed by atoms with Crippen LogP contribution in [-0.4, -0.2) is 0 Å². The predicted octanol–water partition coefficient (Wildman–Crippen LogP) is 3.66. The van der Waals surface area contributed by atoms with Crippen molar-refractivity contribution in [1.82, 2.24) is 0 Å². The minimum absolute atomic E-state index is 0.126. The molecule has 0 atom stereocenters. The topological polar surface area (TPSA) is 47.6 Å². The van der Waals surface area contributed by atoms with Gasteiger partial charge in [0.25, 0.3) is 0 Å². The number of nitriles is 2. The Kier molecular flexibility index (Phi) is 3.75. The van der Waals surface area contributed by atoms with Crippen LogP contribution >= 0.6 is 0 Å². The smallest absolute Gasteiger partial charge is 0.198 e.